The topological polar surface area (TPSA) is 140 Å². The lowest BCUT2D eigenvalue weighted by molar-refractivity contribution is -0.384. The monoisotopic (exact) mass is 394 g/mol. The van der Waals surface area contributed by atoms with Gasteiger partial charge in [0.25, 0.3) is 17.5 Å². The van der Waals surface area contributed by atoms with Gasteiger partial charge in [-0.05, 0) is 39.7 Å². The number of carbonyl (C=O) groups is 2. The summed E-state index contributed by atoms with van der Waals surface area (Å²) >= 11 is 3.06. The predicted molar refractivity (Wildman–Crippen MR) is 87.3 cm³/mol. The lowest BCUT2D eigenvalue weighted by atomic mass is 10.1. The van der Waals surface area contributed by atoms with Crippen LogP contribution in [-0.4, -0.2) is 16.7 Å². The molecular formula is C14H11BrN4O5. The molecule has 2 amide bonds. The van der Waals surface area contributed by atoms with Crippen LogP contribution in [0.2, 0.25) is 0 Å². The van der Waals surface area contributed by atoms with Crippen molar-refractivity contribution in [1.82, 2.24) is 10.7 Å². The maximum absolute atomic E-state index is 12.1. The van der Waals surface area contributed by atoms with E-state index in [2.05, 4.69) is 21.2 Å². The van der Waals surface area contributed by atoms with Gasteiger partial charge in [-0.25, -0.2) is 5.84 Å². The first kappa shape index (κ1) is 17.4. The van der Waals surface area contributed by atoms with E-state index in [4.69, 9.17) is 10.3 Å². The number of nitro benzene ring substituents is 1. The van der Waals surface area contributed by atoms with Gasteiger partial charge in [0.15, 0.2) is 10.4 Å². The van der Waals surface area contributed by atoms with Gasteiger partial charge in [0.2, 0.25) is 0 Å². The minimum Gasteiger partial charge on any atom is -0.444 e. The second kappa shape index (κ2) is 7.53. The van der Waals surface area contributed by atoms with E-state index in [0.29, 0.717) is 10.2 Å². The summed E-state index contributed by atoms with van der Waals surface area (Å²) in [5, 5.41) is 13.1. The van der Waals surface area contributed by atoms with Gasteiger partial charge < -0.3 is 9.73 Å². The number of hydrogen-bond donors (Lipinski definition) is 3. The number of nitrogens with one attached hydrogen (secondary N) is 2. The number of hydrogen-bond acceptors (Lipinski definition) is 6. The van der Waals surface area contributed by atoms with Gasteiger partial charge in [-0.2, -0.15) is 0 Å². The number of benzene rings is 1. The number of hydrazine groups is 1. The Balaban J connectivity index is 2.31. The second-order valence-electron chi connectivity index (χ2n) is 4.44. The summed E-state index contributed by atoms with van der Waals surface area (Å²) in [6.45, 7) is 0. The Bertz CT molecular complexity index is 830. The van der Waals surface area contributed by atoms with Crippen LogP contribution >= 0.6 is 15.9 Å². The molecule has 0 atom stereocenters. The summed E-state index contributed by atoms with van der Waals surface area (Å²) in [4.78, 5) is 34.1. The number of amides is 2. The molecule has 0 radical (unpaired) electrons. The summed E-state index contributed by atoms with van der Waals surface area (Å²) in [6.07, 6.45) is 1.26. The molecule has 0 aliphatic carbocycles. The van der Waals surface area contributed by atoms with Gasteiger partial charge in [-0.1, -0.05) is 12.1 Å². The summed E-state index contributed by atoms with van der Waals surface area (Å²) in [7, 11) is 0. The van der Waals surface area contributed by atoms with Crippen molar-refractivity contribution in [1.29, 1.82) is 0 Å². The molecule has 0 aliphatic heterocycles. The maximum atomic E-state index is 12.1. The van der Waals surface area contributed by atoms with Crippen LogP contribution in [-0.2, 0) is 4.79 Å². The first-order valence-corrected chi connectivity index (χ1v) is 7.24. The number of nitro groups is 1. The number of halogens is 1. The molecular weight excluding hydrogens is 384 g/mol. The third-order valence-electron chi connectivity index (χ3n) is 2.81. The molecule has 0 unspecified atom stereocenters. The highest BCUT2D eigenvalue weighted by molar-refractivity contribution is 9.10. The molecule has 2 aromatic rings. The van der Waals surface area contributed by atoms with E-state index in [1.165, 1.54) is 42.5 Å². The molecule has 2 rings (SSSR count). The van der Waals surface area contributed by atoms with E-state index in [-0.39, 0.29) is 17.1 Å². The van der Waals surface area contributed by atoms with Crippen molar-refractivity contribution in [3.8, 4) is 0 Å². The predicted octanol–water partition coefficient (Wildman–Crippen LogP) is 1.71. The summed E-state index contributed by atoms with van der Waals surface area (Å²) in [5.41, 5.74) is 1.87. The average Bonchev–Trinajstić information content (AvgIpc) is 3.00. The van der Waals surface area contributed by atoms with Crippen LogP contribution in [0.25, 0.3) is 6.08 Å². The minimum absolute atomic E-state index is 0.0309. The second-order valence-corrected chi connectivity index (χ2v) is 5.22. The van der Waals surface area contributed by atoms with E-state index in [9.17, 15) is 19.7 Å². The Labute approximate surface area is 143 Å². The Morgan fingerprint density at radius 3 is 2.62 bits per heavy atom. The first-order chi connectivity index (χ1) is 11.4. The number of carbonyl (C=O) groups excluding carboxylic acids is 2. The Morgan fingerprint density at radius 2 is 2.04 bits per heavy atom. The third kappa shape index (κ3) is 4.27. The van der Waals surface area contributed by atoms with Gasteiger partial charge >= 0.3 is 0 Å². The van der Waals surface area contributed by atoms with Crippen LogP contribution in [0, 0.1) is 10.1 Å². The van der Waals surface area contributed by atoms with Gasteiger partial charge in [-0.15, -0.1) is 0 Å². The van der Waals surface area contributed by atoms with Crippen molar-refractivity contribution in [2.75, 3.05) is 0 Å². The molecule has 0 saturated carbocycles. The Morgan fingerprint density at radius 1 is 1.29 bits per heavy atom. The number of nitrogens with two attached hydrogens (primary N) is 1. The van der Waals surface area contributed by atoms with Crippen LogP contribution in [0.1, 0.15) is 16.1 Å². The molecule has 24 heavy (non-hydrogen) atoms. The van der Waals surface area contributed by atoms with Crippen molar-refractivity contribution in [3.63, 3.8) is 0 Å². The van der Waals surface area contributed by atoms with Crippen LogP contribution in [0.15, 0.2) is 51.2 Å². The molecule has 0 saturated heterocycles. The summed E-state index contributed by atoms with van der Waals surface area (Å²) < 4.78 is 5.43. The summed E-state index contributed by atoms with van der Waals surface area (Å²) in [6, 6.07) is 8.46. The highest BCUT2D eigenvalue weighted by Crippen LogP contribution is 2.17. The van der Waals surface area contributed by atoms with Gasteiger partial charge in [0, 0.05) is 12.1 Å². The van der Waals surface area contributed by atoms with Crippen LogP contribution in [0.3, 0.4) is 0 Å². The quantitative estimate of drug-likeness (QED) is 0.231. The largest absolute Gasteiger partial charge is 0.444 e. The molecule has 0 bridgehead atoms. The molecule has 0 aliphatic rings. The molecule has 1 aromatic carbocycles. The number of non-ortho nitro benzene ring substituents is 1. The maximum Gasteiger partial charge on any atom is 0.291 e. The van der Waals surface area contributed by atoms with Gasteiger partial charge in [0.05, 0.1) is 4.92 Å². The number of furan rings is 1. The van der Waals surface area contributed by atoms with E-state index in [0.717, 1.165) is 0 Å². The highest BCUT2D eigenvalue weighted by atomic mass is 79.9. The van der Waals surface area contributed by atoms with Crippen molar-refractivity contribution >= 4 is 39.5 Å². The van der Waals surface area contributed by atoms with Crippen molar-refractivity contribution < 1.29 is 18.9 Å². The lowest BCUT2D eigenvalue weighted by Crippen LogP contribution is -2.38. The molecule has 124 valence electrons. The molecule has 1 aromatic heterocycles. The third-order valence-corrected chi connectivity index (χ3v) is 3.24. The molecule has 4 N–H and O–H groups in total. The zero-order valence-corrected chi connectivity index (χ0v) is 13.6. The van der Waals surface area contributed by atoms with Gasteiger partial charge in [-0.3, -0.25) is 25.1 Å². The van der Waals surface area contributed by atoms with E-state index in [1.54, 1.807) is 0 Å². The van der Waals surface area contributed by atoms with Gasteiger partial charge in [0.1, 0.15) is 5.70 Å². The highest BCUT2D eigenvalue weighted by Gasteiger charge is 2.17. The molecule has 1 heterocycles. The fraction of sp³-hybridized carbons (Fsp3) is 0. The van der Waals surface area contributed by atoms with Crippen LogP contribution in [0.5, 0.6) is 0 Å². The van der Waals surface area contributed by atoms with E-state index < -0.39 is 16.7 Å². The molecule has 0 spiro atoms. The van der Waals surface area contributed by atoms with Crippen molar-refractivity contribution in [2.24, 2.45) is 5.84 Å². The molecule has 10 heteroatoms. The first-order valence-electron chi connectivity index (χ1n) is 6.44. The summed E-state index contributed by atoms with van der Waals surface area (Å²) in [5.74, 6) is 3.60. The fourth-order valence-electron chi connectivity index (χ4n) is 1.75. The SMILES string of the molecule is NNC(=O)/C(=C\c1cccc([N+](=O)[O-])c1)NC(=O)c1ccc(Br)o1. The normalized spacial score (nSPS) is 11.0. The minimum atomic E-state index is -0.777. The zero-order valence-electron chi connectivity index (χ0n) is 12.0. The average molecular weight is 395 g/mol. The van der Waals surface area contributed by atoms with Crippen molar-refractivity contribution in [2.45, 2.75) is 0 Å². The van der Waals surface area contributed by atoms with Crippen molar-refractivity contribution in [3.05, 3.63) is 68.2 Å². The smallest absolute Gasteiger partial charge is 0.291 e. The van der Waals surface area contributed by atoms with Crippen LogP contribution < -0.4 is 16.6 Å². The number of nitrogens with zero attached hydrogens (tertiary/aromatic N) is 1. The molecule has 9 nitrogen and oxygen atoms in total. The van der Waals surface area contributed by atoms with E-state index in [1.807, 2.05) is 5.43 Å². The van der Waals surface area contributed by atoms with E-state index >= 15 is 0 Å². The Hall–Kier alpha value is -2.98. The number of rotatable bonds is 5. The standard InChI is InChI=1S/C14H11BrN4O5/c15-12-5-4-11(24-12)14(21)17-10(13(20)18-16)7-8-2-1-3-9(6-8)19(22)23/h1-7H,16H2,(H,17,21)(H,18,20)/b10-7+. The Kier molecular flexibility index (Phi) is 5.45. The molecule has 0 fully saturated rings. The van der Waals surface area contributed by atoms with Crippen LogP contribution in [0.4, 0.5) is 5.69 Å². The fourth-order valence-corrected chi connectivity index (χ4v) is 2.06. The lowest BCUT2D eigenvalue weighted by Gasteiger charge is -2.07. The zero-order chi connectivity index (χ0) is 17.7.